The lowest BCUT2D eigenvalue weighted by Gasteiger charge is -2.14. The third-order valence-corrected chi connectivity index (χ3v) is 6.37. The van der Waals surface area contributed by atoms with Crippen LogP contribution in [-0.2, 0) is 19.1 Å². The minimum absolute atomic E-state index is 0.0103. The average Bonchev–Trinajstić information content (AvgIpc) is 2.76. The molecule has 0 heterocycles. The predicted octanol–water partition coefficient (Wildman–Crippen LogP) is 8.65. The van der Waals surface area contributed by atoms with Gasteiger partial charge in [-0.2, -0.15) is 0 Å². The standard InChI is InChI=1S/C29H56O4/c1-6-27(29(31)33-24-18-16-20-26(4)5)21-13-11-9-7-8-10-12-14-22-28(30)32-23-17-15-19-25(2)3/h25-27H,6-24H2,1-5H3. The van der Waals surface area contributed by atoms with Gasteiger partial charge in [0, 0.05) is 6.42 Å². The van der Waals surface area contributed by atoms with Crippen molar-refractivity contribution < 1.29 is 19.1 Å². The lowest BCUT2D eigenvalue weighted by atomic mass is 9.98. The second kappa shape index (κ2) is 22.7. The monoisotopic (exact) mass is 468 g/mol. The smallest absolute Gasteiger partial charge is 0.308 e. The number of hydrogen-bond acceptors (Lipinski definition) is 4. The quantitative estimate of drug-likeness (QED) is 0.111. The maximum atomic E-state index is 12.2. The van der Waals surface area contributed by atoms with Gasteiger partial charge in [0.05, 0.1) is 19.1 Å². The molecular weight excluding hydrogens is 412 g/mol. The summed E-state index contributed by atoms with van der Waals surface area (Å²) in [5.74, 6) is 1.51. The fraction of sp³-hybridized carbons (Fsp3) is 0.931. The number of rotatable bonds is 23. The van der Waals surface area contributed by atoms with Crippen LogP contribution in [0.3, 0.4) is 0 Å². The highest BCUT2D eigenvalue weighted by Crippen LogP contribution is 2.18. The van der Waals surface area contributed by atoms with Gasteiger partial charge in [-0.25, -0.2) is 0 Å². The second-order valence-corrected chi connectivity index (χ2v) is 10.6. The maximum absolute atomic E-state index is 12.2. The fourth-order valence-corrected chi connectivity index (χ4v) is 4.07. The van der Waals surface area contributed by atoms with E-state index in [-0.39, 0.29) is 17.9 Å². The van der Waals surface area contributed by atoms with Crippen LogP contribution in [0.15, 0.2) is 0 Å². The molecule has 4 heteroatoms. The number of carbonyl (C=O) groups is 2. The predicted molar refractivity (Wildman–Crippen MR) is 139 cm³/mol. The van der Waals surface area contributed by atoms with Crippen LogP contribution < -0.4 is 0 Å². The zero-order valence-corrected chi connectivity index (χ0v) is 22.8. The molecule has 0 aromatic heterocycles. The third-order valence-electron chi connectivity index (χ3n) is 6.37. The Bertz CT molecular complexity index is 459. The number of unbranched alkanes of at least 4 members (excludes halogenated alkanes) is 9. The van der Waals surface area contributed by atoms with Crippen molar-refractivity contribution in [2.45, 2.75) is 144 Å². The normalized spacial score (nSPS) is 12.3. The molecule has 0 aromatic rings. The summed E-state index contributed by atoms with van der Waals surface area (Å²) in [6, 6.07) is 0. The molecule has 0 aliphatic heterocycles. The lowest BCUT2D eigenvalue weighted by molar-refractivity contribution is -0.149. The highest BCUT2D eigenvalue weighted by molar-refractivity contribution is 5.72. The summed E-state index contributed by atoms with van der Waals surface area (Å²) in [5, 5.41) is 0. The first-order valence-corrected chi connectivity index (χ1v) is 14.2. The van der Waals surface area contributed by atoms with E-state index in [2.05, 4.69) is 34.6 Å². The van der Waals surface area contributed by atoms with E-state index in [1.54, 1.807) is 0 Å². The highest BCUT2D eigenvalue weighted by atomic mass is 16.5. The first kappa shape index (κ1) is 31.9. The number of hydrogen-bond donors (Lipinski definition) is 0. The van der Waals surface area contributed by atoms with E-state index in [9.17, 15) is 9.59 Å². The maximum Gasteiger partial charge on any atom is 0.308 e. The van der Waals surface area contributed by atoms with Gasteiger partial charge in [-0.05, 0) is 56.8 Å². The Kier molecular flexibility index (Phi) is 22.0. The minimum Gasteiger partial charge on any atom is -0.466 e. The molecule has 0 radical (unpaired) electrons. The topological polar surface area (TPSA) is 52.6 Å². The summed E-state index contributed by atoms with van der Waals surface area (Å²) in [5.41, 5.74) is 0. The van der Waals surface area contributed by atoms with Gasteiger partial charge >= 0.3 is 11.9 Å². The molecule has 196 valence electrons. The molecule has 0 fully saturated rings. The van der Waals surface area contributed by atoms with Crippen molar-refractivity contribution in [3.8, 4) is 0 Å². The van der Waals surface area contributed by atoms with Gasteiger partial charge in [0.1, 0.15) is 0 Å². The van der Waals surface area contributed by atoms with Gasteiger partial charge in [-0.15, -0.1) is 0 Å². The Labute approximate surface area is 206 Å². The van der Waals surface area contributed by atoms with Gasteiger partial charge in [0.2, 0.25) is 0 Å². The molecule has 0 saturated carbocycles. The van der Waals surface area contributed by atoms with Crippen molar-refractivity contribution in [2.24, 2.45) is 17.8 Å². The van der Waals surface area contributed by atoms with E-state index >= 15 is 0 Å². The Morgan fingerprint density at radius 2 is 1.03 bits per heavy atom. The molecule has 0 saturated heterocycles. The molecule has 0 N–H and O–H groups in total. The lowest BCUT2D eigenvalue weighted by Crippen LogP contribution is -2.17. The van der Waals surface area contributed by atoms with Crippen LogP contribution in [0.25, 0.3) is 0 Å². The number of carbonyl (C=O) groups excluding carboxylic acids is 2. The number of esters is 2. The molecule has 4 nitrogen and oxygen atoms in total. The zero-order valence-electron chi connectivity index (χ0n) is 22.8. The van der Waals surface area contributed by atoms with Crippen LogP contribution in [0.1, 0.15) is 144 Å². The largest absolute Gasteiger partial charge is 0.466 e. The molecule has 0 bridgehead atoms. The molecule has 0 aliphatic rings. The zero-order chi connectivity index (χ0) is 24.7. The highest BCUT2D eigenvalue weighted by Gasteiger charge is 2.17. The first-order chi connectivity index (χ1) is 15.9. The summed E-state index contributed by atoms with van der Waals surface area (Å²) in [6.07, 6.45) is 18.4. The van der Waals surface area contributed by atoms with E-state index < -0.39 is 0 Å². The van der Waals surface area contributed by atoms with Crippen LogP contribution in [0.4, 0.5) is 0 Å². The summed E-state index contributed by atoms with van der Waals surface area (Å²) >= 11 is 0. The Balaban J connectivity index is 3.50. The molecule has 1 unspecified atom stereocenters. The SMILES string of the molecule is CCC(CCCCCCCCCCC(=O)OCCCCC(C)C)C(=O)OCCCCC(C)C. The van der Waals surface area contributed by atoms with Crippen molar-refractivity contribution in [2.75, 3.05) is 13.2 Å². The molecule has 0 spiro atoms. The third kappa shape index (κ3) is 22.5. The van der Waals surface area contributed by atoms with Crippen molar-refractivity contribution in [1.29, 1.82) is 0 Å². The van der Waals surface area contributed by atoms with Crippen LogP contribution in [0.2, 0.25) is 0 Å². The van der Waals surface area contributed by atoms with Crippen molar-refractivity contribution in [1.82, 2.24) is 0 Å². The molecule has 1 atom stereocenters. The van der Waals surface area contributed by atoms with Crippen LogP contribution in [0.5, 0.6) is 0 Å². The minimum atomic E-state index is -0.0286. The first-order valence-electron chi connectivity index (χ1n) is 14.2. The van der Waals surface area contributed by atoms with Gasteiger partial charge in [-0.1, -0.05) is 92.4 Å². The summed E-state index contributed by atoms with van der Waals surface area (Å²) < 4.78 is 10.8. The van der Waals surface area contributed by atoms with Crippen molar-refractivity contribution in [3.63, 3.8) is 0 Å². The Morgan fingerprint density at radius 1 is 0.576 bits per heavy atom. The molecule has 0 aromatic carbocycles. The average molecular weight is 469 g/mol. The Hall–Kier alpha value is -1.06. The fourth-order valence-electron chi connectivity index (χ4n) is 4.07. The second-order valence-electron chi connectivity index (χ2n) is 10.6. The molecule has 0 aliphatic carbocycles. The summed E-state index contributed by atoms with van der Waals surface area (Å²) in [4.78, 5) is 24.0. The van der Waals surface area contributed by atoms with Crippen molar-refractivity contribution >= 4 is 11.9 Å². The summed E-state index contributed by atoms with van der Waals surface area (Å²) in [7, 11) is 0. The molecular formula is C29H56O4. The van der Waals surface area contributed by atoms with E-state index in [0.29, 0.717) is 19.6 Å². The van der Waals surface area contributed by atoms with E-state index in [0.717, 1.165) is 69.6 Å². The van der Waals surface area contributed by atoms with Crippen LogP contribution in [-0.4, -0.2) is 25.2 Å². The molecule has 0 rings (SSSR count). The van der Waals surface area contributed by atoms with E-state index in [1.165, 1.54) is 44.9 Å². The van der Waals surface area contributed by atoms with Gasteiger partial charge in [-0.3, -0.25) is 9.59 Å². The van der Waals surface area contributed by atoms with Crippen LogP contribution >= 0.6 is 0 Å². The van der Waals surface area contributed by atoms with E-state index in [1.807, 2.05) is 0 Å². The van der Waals surface area contributed by atoms with Crippen LogP contribution in [0, 0.1) is 17.8 Å². The van der Waals surface area contributed by atoms with E-state index in [4.69, 9.17) is 9.47 Å². The van der Waals surface area contributed by atoms with Gasteiger partial charge in [0.15, 0.2) is 0 Å². The van der Waals surface area contributed by atoms with Crippen molar-refractivity contribution in [3.05, 3.63) is 0 Å². The summed E-state index contributed by atoms with van der Waals surface area (Å²) in [6.45, 7) is 12.2. The van der Waals surface area contributed by atoms with Gasteiger partial charge in [0.25, 0.3) is 0 Å². The molecule has 0 amide bonds. The Morgan fingerprint density at radius 3 is 1.55 bits per heavy atom. The number of ether oxygens (including phenoxy) is 2. The molecule has 33 heavy (non-hydrogen) atoms. The van der Waals surface area contributed by atoms with Gasteiger partial charge < -0.3 is 9.47 Å².